The SMILES string of the molecule is CCSCCCNCc1cccc(CCl)c1. The van der Waals surface area contributed by atoms with Crippen LogP contribution in [0.4, 0.5) is 0 Å². The molecular weight excluding hydrogens is 238 g/mol. The van der Waals surface area contributed by atoms with Crippen molar-refractivity contribution in [2.45, 2.75) is 25.8 Å². The first-order chi connectivity index (χ1) is 7.86. The van der Waals surface area contributed by atoms with E-state index in [1.54, 1.807) is 0 Å². The Morgan fingerprint density at radius 1 is 1.31 bits per heavy atom. The molecule has 0 aromatic heterocycles. The zero-order chi connectivity index (χ0) is 11.6. The molecule has 0 saturated heterocycles. The summed E-state index contributed by atoms with van der Waals surface area (Å²) >= 11 is 7.80. The Morgan fingerprint density at radius 2 is 2.12 bits per heavy atom. The van der Waals surface area contributed by atoms with Crippen LogP contribution in [0.5, 0.6) is 0 Å². The molecule has 0 aliphatic rings. The number of rotatable bonds is 8. The molecule has 1 N–H and O–H groups in total. The third kappa shape index (κ3) is 5.78. The zero-order valence-electron chi connectivity index (χ0n) is 9.84. The third-order valence-corrected chi connectivity index (χ3v) is 3.62. The minimum atomic E-state index is 0.598. The highest BCUT2D eigenvalue weighted by molar-refractivity contribution is 7.99. The lowest BCUT2D eigenvalue weighted by Gasteiger charge is -2.05. The molecule has 0 atom stereocenters. The average molecular weight is 258 g/mol. The van der Waals surface area contributed by atoms with E-state index in [1.165, 1.54) is 29.1 Å². The van der Waals surface area contributed by atoms with Crippen LogP contribution in [0.15, 0.2) is 24.3 Å². The smallest absolute Gasteiger partial charge is 0.0474 e. The van der Waals surface area contributed by atoms with Crippen LogP contribution in [-0.2, 0) is 12.4 Å². The molecule has 1 aromatic rings. The first kappa shape index (κ1) is 13.9. The molecule has 0 fully saturated rings. The highest BCUT2D eigenvalue weighted by Crippen LogP contribution is 2.07. The second kappa shape index (κ2) is 8.91. The van der Waals surface area contributed by atoms with Crippen molar-refractivity contribution in [3.63, 3.8) is 0 Å². The molecule has 0 saturated carbocycles. The van der Waals surface area contributed by atoms with E-state index < -0.39 is 0 Å². The summed E-state index contributed by atoms with van der Waals surface area (Å²) in [4.78, 5) is 0. The summed E-state index contributed by atoms with van der Waals surface area (Å²) in [7, 11) is 0. The van der Waals surface area contributed by atoms with Crippen molar-refractivity contribution >= 4 is 23.4 Å². The zero-order valence-corrected chi connectivity index (χ0v) is 11.4. The first-order valence-corrected chi connectivity index (χ1v) is 7.48. The van der Waals surface area contributed by atoms with Crippen molar-refractivity contribution in [2.24, 2.45) is 0 Å². The van der Waals surface area contributed by atoms with Crippen molar-refractivity contribution < 1.29 is 0 Å². The van der Waals surface area contributed by atoms with Crippen LogP contribution in [0.25, 0.3) is 0 Å². The van der Waals surface area contributed by atoms with E-state index in [0.717, 1.165) is 13.1 Å². The van der Waals surface area contributed by atoms with Gasteiger partial charge in [-0.1, -0.05) is 31.2 Å². The van der Waals surface area contributed by atoms with Gasteiger partial charge in [0.05, 0.1) is 0 Å². The summed E-state index contributed by atoms with van der Waals surface area (Å²) in [5.41, 5.74) is 2.52. The van der Waals surface area contributed by atoms with Gasteiger partial charge in [-0.3, -0.25) is 0 Å². The summed E-state index contributed by atoms with van der Waals surface area (Å²) in [5, 5.41) is 3.46. The van der Waals surface area contributed by atoms with Gasteiger partial charge in [-0.15, -0.1) is 11.6 Å². The Balaban J connectivity index is 2.16. The van der Waals surface area contributed by atoms with Gasteiger partial charge in [0.15, 0.2) is 0 Å². The Bertz CT molecular complexity index is 291. The number of hydrogen-bond donors (Lipinski definition) is 1. The fourth-order valence-corrected chi connectivity index (χ4v) is 2.30. The molecule has 0 aliphatic carbocycles. The van der Waals surface area contributed by atoms with Crippen LogP contribution in [0, 0.1) is 0 Å². The van der Waals surface area contributed by atoms with E-state index in [2.05, 4.69) is 36.5 Å². The second-order valence-electron chi connectivity index (χ2n) is 3.68. The summed E-state index contributed by atoms with van der Waals surface area (Å²) in [5.74, 6) is 3.07. The van der Waals surface area contributed by atoms with Crippen molar-refractivity contribution in [1.82, 2.24) is 5.32 Å². The Labute approximate surface area is 108 Å². The van der Waals surface area contributed by atoms with E-state index in [0.29, 0.717) is 5.88 Å². The predicted octanol–water partition coefficient (Wildman–Crippen LogP) is 3.66. The number of alkyl halides is 1. The van der Waals surface area contributed by atoms with Crippen LogP contribution < -0.4 is 5.32 Å². The minimum absolute atomic E-state index is 0.598. The van der Waals surface area contributed by atoms with Crippen LogP contribution >= 0.6 is 23.4 Å². The third-order valence-electron chi connectivity index (χ3n) is 2.32. The van der Waals surface area contributed by atoms with E-state index in [4.69, 9.17) is 11.6 Å². The molecule has 1 aromatic carbocycles. The molecule has 0 radical (unpaired) electrons. The summed E-state index contributed by atoms with van der Waals surface area (Å²) in [6.45, 7) is 4.25. The molecule has 0 bridgehead atoms. The van der Waals surface area contributed by atoms with Gasteiger partial charge in [-0.05, 0) is 35.6 Å². The van der Waals surface area contributed by atoms with Gasteiger partial charge in [0.25, 0.3) is 0 Å². The Hall–Kier alpha value is -0.180. The van der Waals surface area contributed by atoms with Gasteiger partial charge in [0, 0.05) is 12.4 Å². The number of hydrogen-bond acceptors (Lipinski definition) is 2. The molecule has 16 heavy (non-hydrogen) atoms. The van der Waals surface area contributed by atoms with E-state index >= 15 is 0 Å². The van der Waals surface area contributed by atoms with Crippen molar-refractivity contribution in [1.29, 1.82) is 0 Å². The van der Waals surface area contributed by atoms with Gasteiger partial charge in [-0.25, -0.2) is 0 Å². The molecular formula is C13H20ClNS. The summed E-state index contributed by atoms with van der Waals surface area (Å²) < 4.78 is 0. The largest absolute Gasteiger partial charge is 0.313 e. The number of thioether (sulfide) groups is 1. The van der Waals surface area contributed by atoms with E-state index in [-0.39, 0.29) is 0 Å². The number of nitrogens with one attached hydrogen (secondary N) is 1. The fourth-order valence-electron chi connectivity index (χ4n) is 1.50. The molecule has 0 amide bonds. The lowest BCUT2D eigenvalue weighted by molar-refractivity contribution is 0.678. The van der Waals surface area contributed by atoms with Gasteiger partial charge in [0.1, 0.15) is 0 Å². The molecule has 0 spiro atoms. The standard InChI is InChI=1S/C13H20ClNS/c1-2-16-8-4-7-15-11-13-6-3-5-12(9-13)10-14/h3,5-6,9,15H,2,4,7-8,10-11H2,1H3. The first-order valence-electron chi connectivity index (χ1n) is 5.79. The topological polar surface area (TPSA) is 12.0 Å². The van der Waals surface area contributed by atoms with Gasteiger partial charge in [-0.2, -0.15) is 11.8 Å². The molecule has 90 valence electrons. The maximum absolute atomic E-state index is 5.79. The van der Waals surface area contributed by atoms with Gasteiger partial charge < -0.3 is 5.32 Å². The second-order valence-corrected chi connectivity index (χ2v) is 5.34. The monoisotopic (exact) mass is 257 g/mol. The summed E-state index contributed by atoms with van der Waals surface area (Å²) in [6.07, 6.45) is 1.24. The minimum Gasteiger partial charge on any atom is -0.313 e. The fraction of sp³-hybridized carbons (Fsp3) is 0.538. The molecule has 0 heterocycles. The molecule has 0 aliphatic heterocycles. The van der Waals surface area contributed by atoms with Crippen LogP contribution in [0.1, 0.15) is 24.5 Å². The van der Waals surface area contributed by atoms with Crippen molar-refractivity contribution in [3.05, 3.63) is 35.4 Å². The highest BCUT2D eigenvalue weighted by Gasteiger charge is 1.95. The summed E-state index contributed by atoms with van der Waals surface area (Å²) in [6, 6.07) is 8.45. The Kier molecular flexibility index (Phi) is 7.73. The number of halogens is 1. The van der Waals surface area contributed by atoms with Gasteiger partial charge in [0.2, 0.25) is 0 Å². The van der Waals surface area contributed by atoms with E-state index in [9.17, 15) is 0 Å². The van der Waals surface area contributed by atoms with Crippen molar-refractivity contribution in [3.8, 4) is 0 Å². The van der Waals surface area contributed by atoms with Crippen molar-refractivity contribution in [2.75, 3.05) is 18.1 Å². The van der Waals surface area contributed by atoms with E-state index in [1.807, 2.05) is 11.8 Å². The maximum atomic E-state index is 5.79. The maximum Gasteiger partial charge on any atom is 0.0474 e. The lowest BCUT2D eigenvalue weighted by Crippen LogP contribution is -2.15. The molecule has 1 nitrogen and oxygen atoms in total. The molecule has 3 heteroatoms. The number of benzene rings is 1. The molecule has 1 rings (SSSR count). The van der Waals surface area contributed by atoms with Crippen LogP contribution in [0.2, 0.25) is 0 Å². The highest BCUT2D eigenvalue weighted by atomic mass is 35.5. The average Bonchev–Trinajstić information content (AvgIpc) is 2.34. The molecule has 0 unspecified atom stereocenters. The van der Waals surface area contributed by atoms with Gasteiger partial charge >= 0.3 is 0 Å². The lowest BCUT2D eigenvalue weighted by atomic mass is 10.1. The quantitative estimate of drug-likeness (QED) is 0.564. The normalized spacial score (nSPS) is 10.6. The Morgan fingerprint density at radius 3 is 2.88 bits per heavy atom. The van der Waals surface area contributed by atoms with Crippen LogP contribution in [-0.4, -0.2) is 18.1 Å². The predicted molar refractivity (Wildman–Crippen MR) is 75.3 cm³/mol. The van der Waals surface area contributed by atoms with Crippen LogP contribution in [0.3, 0.4) is 0 Å².